The van der Waals surface area contributed by atoms with E-state index >= 15 is 0 Å². The highest BCUT2D eigenvalue weighted by molar-refractivity contribution is 9.10. The molecule has 0 saturated carbocycles. The van der Waals surface area contributed by atoms with Crippen molar-refractivity contribution in [2.75, 3.05) is 13.1 Å². The number of hydrogen-bond donors (Lipinski definition) is 0. The Morgan fingerprint density at radius 3 is 2.54 bits per heavy atom. The van der Waals surface area contributed by atoms with Crippen molar-refractivity contribution in [1.82, 2.24) is 14.7 Å². The van der Waals surface area contributed by atoms with E-state index in [0.717, 1.165) is 10.7 Å². The number of benzene rings is 1. The van der Waals surface area contributed by atoms with Crippen molar-refractivity contribution in [1.29, 1.82) is 0 Å². The van der Waals surface area contributed by atoms with Crippen molar-refractivity contribution in [2.45, 2.75) is 23.8 Å². The van der Waals surface area contributed by atoms with E-state index in [-0.39, 0.29) is 9.50 Å². The van der Waals surface area contributed by atoms with Crippen molar-refractivity contribution in [2.24, 2.45) is 0 Å². The Morgan fingerprint density at radius 2 is 2.00 bits per heavy atom. The standard InChI is InChI=1S/C14H14BrClFN3O3S/c1-3-19(4-2)14(21)20-8-9(15)13(18-20)24(22,23)12-10(16)6-5-7-11(12)17/h5-8H,3-4H2,1-2H3. The first-order valence-corrected chi connectivity index (χ1v) is 9.63. The number of halogens is 3. The Labute approximate surface area is 152 Å². The van der Waals surface area contributed by atoms with E-state index in [1.807, 2.05) is 0 Å². The summed E-state index contributed by atoms with van der Waals surface area (Å²) in [6.45, 7) is 4.45. The molecular formula is C14H14BrClFN3O3S. The van der Waals surface area contributed by atoms with Gasteiger partial charge < -0.3 is 4.90 Å². The molecule has 1 amide bonds. The summed E-state index contributed by atoms with van der Waals surface area (Å²) in [6.07, 6.45) is 1.22. The third-order valence-electron chi connectivity index (χ3n) is 3.31. The molecule has 0 N–H and O–H groups in total. The first-order valence-electron chi connectivity index (χ1n) is 6.97. The van der Waals surface area contributed by atoms with Crippen LogP contribution in [0.25, 0.3) is 0 Å². The summed E-state index contributed by atoms with van der Waals surface area (Å²) in [5.41, 5.74) is 0. The van der Waals surface area contributed by atoms with Crippen LogP contribution in [0, 0.1) is 5.82 Å². The molecule has 1 heterocycles. The Hall–Kier alpha value is -1.45. The molecule has 0 fully saturated rings. The second-order valence-electron chi connectivity index (χ2n) is 4.74. The number of hydrogen-bond acceptors (Lipinski definition) is 4. The van der Waals surface area contributed by atoms with Gasteiger partial charge in [-0.15, -0.1) is 0 Å². The third kappa shape index (κ3) is 3.33. The van der Waals surface area contributed by atoms with Crippen LogP contribution in [0.15, 0.2) is 38.8 Å². The predicted molar refractivity (Wildman–Crippen MR) is 90.5 cm³/mol. The maximum atomic E-state index is 14.0. The average molecular weight is 439 g/mol. The number of amides is 1. The van der Waals surface area contributed by atoms with Gasteiger partial charge in [-0.25, -0.2) is 17.6 Å². The minimum Gasteiger partial charge on any atom is -0.323 e. The quantitative estimate of drug-likeness (QED) is 0.731. The summed E-state index contributed by atoms with van der Waals surface area (Å²) in [7, 11) is -4.34. The molecule has 2 rings (SSSR count). The van der Waals surface area contributed by atoms with Gasteiger partial charge in [0.2, 0.25) is 9.84 Å². The largest absolute Gasteiger partial charge is 0.344 e. The normalized spacial score (nSPS) is 11.5. The molecule has 1 aromatic carbocycles. The van der Waals surface area contributed by atoms with Gasteiger partial charge in [-0.3, -0.25) is 0 Å². The molecule has 0 spiro atoms. The van der Waals surface area contributed by atoms with Gasteiger partial charge in [0.15, 0.2) is 5.03 Å². The molecule has 0 aliphatic heterocycles. The minimum atomic E-state index is -4.34. The molecule has 6 nitrogen and oxygen atoms in total. The highest BCUT2D eigenvalue weighted by atomic mass is 79.9. The summed E-state index contributed by atoms with van der Waals surface area (Å²) in [5.74, 6) is -0.987. The van der Waals surface area contributed by atoms with E-state index in [4.69, 9.17) is 11.6 Å². The highest BCUT2D eigenvalue weighted by Gasteiger charge is 2.31. The molecule has 130 valence electrons. The summed E-state index contributed by atoms with van der Waals surface area (Å²) in [5, 5.41) is 3.09. The van der Waals surface area contributed by atoms with Gasteiger partial charge in [0.05, 0.1) is 15.7 Å². The van der Waals surface area contributed by atoms with Crippen LogP contribution in [0.1, 0.15) is 13.8 Å². The molecule has 0 atom stereocenters. The smallest absolute Gasteiger partial charge is 0.323 e. The lowest BCUT2D eigenvalue weighted by atomic mass is 10.3. The Balaban J connectivity index is 2.56. The molecule has 0 unspecified atom stereocenters. The zero-order chi connectivity index (χ0) is 18.1. The summed E-state index contributed by atoms with van der Waals surface area (Å²) < 4.78 is 40.3. The van der Waals surface area contributed by atoms with E-state index < -0.39 is 31.6 Å². The fourth-order valence-corrected chi connectivity index (χ4v) is 4.82. The first-order chi connectivity index (χ1) is 11.2. The molecule has 0 aliphatic rings. The molecule has 1 aromatic heterocycles. The fraction of sp³-hybridized carbons (Fsp3) is 0.286. The van der Waals surface area contributed by atoms with Gasteiger partial charge in [0.25, 0.3) is 0 Å². The minimum absolute atomic E-state index is 0.0438. The van der Waals surface area contributed by atoms with Gasteiger partial charge in [-0.1, -0.05) is 17.7 Å². The zero-order valence-corrected chi connectivity index (χ0v) is 16.0. The van der Waals surface area contributed by atoms with E-state index in [1.54, 1.807) is 13.8 Å². The second-order valence-corrected chi connectivity index (χ2v) is 7.80. The van der Waals surface area contributed by atoms with Gasteiger partial charge in [-0.05, 0) is 41.9 Å². The molecular weight excluding hydrogens is 425 g/mol. The van der Waals surface area contributed by atoms with E-state index in [2.05, 4.69) is 21.0 Å². The van der Waals surface area contributed by atoms with Crippen LogP contribution in [0.4, 0.5) is 9.18 Å². The van der Waals surface area contributed by atoms with Crippen LogP contribution in [-0.4, -0.2) is 42.2 Å². The molecule has 10 heteroatoms. The van der Waals surface area contributed by atoms with Crippen molar-refractivity contribution in [3.63, 3.8) is 0 Å². The van der Waals surface area contributed by atoms with Crippen LogP contribution in [0.2, 0.25) is 5.02 Å². The fourth-order valence-electron chi connectivity index (χ4n) is 2.09. The lowest BCUT2D eigenvalue weighted by molar-refractivity contribution is 0.201. The molecule has 0 saturated heterocycles. The number of nitrogens with zero attached hydrogens (tertiary/aromatic N) is 3. The van der Waals surface area contributed by atoms with Gasteiger partial charge in [0, 0.05) is 13.1 Å². The van der Waals surface area contributed by atoms with Gasteiger partial charge in [-0.2, -0.15) is 9.78 Å². The SMILES string of the molecule is CCN(CC)C(=O)n1cc(Br)c(S(=O)(=O)c2c(F)cccc2Cl)n1. The van der Waals surface area contributed by atoms with Crippen molar-refractivity contribution < 1.29 is 17.6 Å². The second kappa shape index (κ2) is 7.20. The molecule has 0 radical (unpaired) electrons. The number of aromatic nitrogens is 2. The van der Waals surface area contributed by atoms with E-state index in [1.165, 1.54) is 23.2 Å². The van der Waals surface area contributed by atoms with Crippen LogP contribution < -0.4 is 0 Å². The Bertz CT molecular complexity index is 861. The molecule has 24 heavy (non-hydrogen) atoms. The van der Waals surface area contributed by atoms with E-state index in [0.29, 0.717) is 13.1 Å². The lowest BCUT2D eigenvalue weighted by Crippen LogP contribution is -2.34. The van der Waals surface area contributed by atoms with Crippen molar-refractivity contribution >= 4 is 43.4 Å². The van der Waals surface area contributed by atoms with Crippen molar-refractivity contribution in [3.8, 4) is 0 Å². The van der Waals surface area contributed by atoms with Crippen molar-refractivity contribution in [3.05, 3.63) is 39.7 Å². The monoisotopic (exact) mass is 437 g/mol. The number of rotatable bonds is 4. The molecule has 0 bridgehead atoms. The third-order valence-corrected chi connectivity index (χ3v) is 6.34. The van der Waals surface area contributed by atoms with Crippen LogP contribution >= 0.6 is 27.5 Å². The van der Waals surface area contributed by atoms with Gasteiger partial charge in [0.1, 0.15) is 10.7 Å². The predicted octanol–water partition coefficient (Wildman–Crippen LogP) is 3.58. The summed E-state index contributed by atoms with van der Waals surface area (Å²) in [4.78, 5) is 13.1. The molecule has 0 aliphatic carbocycles. The Kier molecular flexibility index (Phi) is 5.67. The Morgan fingerprint density at radius 1 is 1.38 bits per heavy atom. The van der Waals surface area contributed by atoms with Gasteiger partial charge >= 0.3 is 6.03 Å². The maximum Gasteiger partial charge on any atom is 0.344 e. The highest BCUT2D eigenvalue weighted by Crippen LogP contribution is 2.32. The molecule has 2 aromatic rings. The number of carbonyl (C=O) groups excluding carboxylic acids is 1. The zero-order valence-electron chi connectivity index (χ0n) is 12.8. The maximum absolute atomic E-state index is 14.0. The topological polar surface area (TPSA) is 72.3 Å². The van der Waals surface area contributed by atoms with Crippen LogP contribution in [0.3, 0.4) is 0 Å². The first kappa shape index (κ1) is 18.9. The lowest BCUT2D eigenvalue weighted by Gasteiger charge is -2.17. The summed E-state index contributed by atoms with van der Waals surface area (Å²) in [6, 6.07) is 3.07. The summed E-state index contributed by atoms with van der Waals surface area (Å²) >= 11 is 8.90. The average Bonchev–Trinajstić information content (AvgIpc) is 2.90. The number of sulfone groups is 1. The van der Waals surface area contributed by atoms with Crippen LogP contribution in [0.5, 0.6) is 0 Å². The van der Waals surface area contributed by atoms with Crippen LogP contribution in [-0.2, 0) is 9.84 Å². The number of carbonyl (C=O) groups is 1. The van der Waals surface area contributed by atoms with E-state index in [9.17, 15) is 17.6 Å².